The summed E-state index contributed by atoms with van der Waals surface area (Å²) in [6.07, 6.45) is 4.13. The number of amides is 1. The SMILES string of the molecule is CCC(C)n1nc(C)cc1NC(=O)CCc1c[nH]c2ccccc12. The van der Waals surface area contributed by atoms with Crippen molar-refractivity contribution in [3.8, 4) is 0 Å². The predicted octanol–water partition coefficient (Wildman–Crippen LogP) is 4.22. The fraction of sp³-hybridized carbons (Fsp3) is 0.368. The number of carbonyl (C=O) groups is 1. The second-order valence-corrected chi connectivity index (χ2v) is 6.28. The zero-order chi connectivity index (χ0) is 17.1. The molecule has 0 aliphatic rings. The first kappa shape index (κ1) is 16.3. The number of carbonyl (C=O) groups excluding carboxylic acids is 1. The average molecular weight is 324 g/mol. The maximum atomic E-state index is 12.4. The van der Waals surface area contributed by atoms with E-state index >= 15 is 0 Å². The van der Waals surface area contributed by atoms with E-state index in [0.29, 0.717) is 12.8 Å². The van der Waals surface area contributed by atoms with Crippen LogP contribution in [-0.2, 0) is 11.2 Å². The molecule has 0 fully saturated rings. The van der Waals surface area contributed by atoms with E-state index in [1.54, 1.807) is 0 Å². The van der Waals surface area contributed by atoms with Crippen LogP contribution < -0.4 is 5.32 Å². The Morgan fingerprint density at radius 3 is 2.96 bits per heavy atom. The second-order valence-electron chi connectivity index (χ2n) is 6.28. The molecule has 3 aromatic rings. The molecule has 1 unspecified atom stereocenters. The Balaban J connectivity index is 1.66. The molecule has 2 aromatic heterocycles. The number of fused-ring (bicyclic) bond motifs is 1. The number of aromatic nitrogens is 3. The van der Waals surface area contributed by atoms with Gasteiger partial charge in [0.2, 0.25) is 5.91 Å². The zero-order valence-corrected chi connectivity index (χ0v) is 14.5. The van der Waals surface area contributed by atoms with Crippen molar-refractivity contribution < 1.29 is 4.79 Å². The third kappa shape index (κ3) is 3.35. The van der Waals surface area contributed by atoms with Crippen LogP contribution >= 0.6 is 0 Å². The van der Waals surface area contributed by atoms with Gasteiger partial charge in [-0.2, -0.15) is 5.10 Å². The first-order valence-electron chi connectivity index (χ1n) is 8.49. The molecule has 2 heterocycles. The lowest BCUT2D eigenvalue weighted by Crippen LogP contribution is -2.17. The van der Waals surface area contributed by atoms with Gasteiger partial charge in [0.05, 0.1) is 11.7 Å². The van der Waals surface area contributed by atoms with E-state index in [1.807, 2.05) is 42.1 Å². The van der Waals surface area contributed by atoms with E-state index in [0.717, 1.165) is 23.4 Å². The lowest BCUT2D eigenvalue weighted by atomic mass is 10.1. The topological polar surface area (TPSA) is 62.7 Å². The fourth-order valence-corrected chi connectivity index (χ4v) is 2.91. The fourth-order valence-electron chi connectivity index (χ4n) is 2.91. The third-order valence-corrected chi connectivity index (χ3v) is 4.43. The van der Waals surface area contributed by atoms with Crippen molar-refractivity contribution in [1.29, 1.82) is 0 Å². The number of H-pyrrole nitrogens is 1. The highest BCUT2D eigenvalue weighted by molar-refractivity contribution is 5.91. The van der Waals surface area contributed by atoms with Crippen molar-refractivity contribution in [2.24, 2.45) is 0 Å². The molecular weight excluding hydrogens is 300 g/mol. The predicted molar refractivity (Wildman–Crippen MR) is 97.2 cm³/mol. The normalized spacial score (nSPS) is 12.5. The first-order chi connectivity index (χ1) is 11.6. The maximum Gasteiger partial charge on any atom is 0.225 e. The highest BCUT2D eigenvalue weighted by Gasteiger charge is 2.13. The van der Waals surface area contributed by atoms with Gasteiger partial charge in [0, 0.05) is 29.6 Å². The van der Waals surface area contributed by atoms with Gasteiger partial charge in [-0.1, -0.05) is 25.1 Å². The molecule has 0 aliphatic heterocycles. The summed E-state index contributed by atoms with van der Waals surface area (Å²) in [5, 5.41) is 8.68. The van der Waals surface area contributed by atoms with Crippen LogP contribution in [0, 0.1) is 6.92 Å². The van der Waals surface area contributed by atoms with Crippen LogP contribution in [0.15, 0.2) is 36.5 Å². The summed E-state index contributed by atoms with van der Waals surface area (Å²) in [6, 6.07) is 10.4. The van der Waals surface area contributed by atoms with Gasteiger partial charge in [0.25, 0.3) is 0 Å². The lowest BCUT2D eigenvalue weighted by Gasteiger charge is -2.14. The summed E-state index contributed by atoms with van der Waals surface area (Å²) in [4.78, 5) is 15.6. The van der Waals surface area contributed by atoms with Crippen molar-refractivity contribution in [2.75, 3.05) is 5.32 Å². The molecule has 0 saturated carbocycles. The van der Waals surface area contributed by atoms with Gasteiger partial charge in [-0.05, 0) is 38.3 Å². The summed E-state index contributed by atoms with van der Waals surface area (Å²) in [5.74, 6) is 0.801. The summed E-state index contributed by atoms with van der Waals surface area (Å²) < 4.78 is 1.90. The summed E-state index contributed by atoms with van der Waals surface area (Å²) in [7, 11) is 0. The molecule has 5 nitrogen and oxygen atoms in total. The molecule has 1 aromatic carbocycles. The van der Waals surface area contributed by atoms with Crippen LogP contribution in [0.25, 0.3) is 10.9 Å². The molecule has 2 N–H and O–H groups in total. The number of rotatable bonds is 6. The standard InChI is InChI=1S/C19H24N4O/c1-4-14(3)23-18(11-13(2)22-23)21-19(24)10-9-15-12-20-17-8-6-5-7-16(15)17/h5-8,11-12,14,20H,4,9-10H2,1-3H3,(H,21,24). The van der Waals surface area contributed by atoms with Gasteiger partial charge in [0.15, 0.2) is 0 Å². The third-order valence-electron chi connectivity index (χ3n) is 4.43. The highest BCUT2D eigenvalue weighted by Crippen LogP contribution is 2.21. The van der Waals surface area contributed by atoms with E-state index in [1.165, 1.54) is 10.9 Å². The van der Waals surface area contributed by atoms with E-state index in [9.17, 15) is 4.79 Å². The van der Waals surface area contributed by atoms with Crippen LogP contribution in [-0.4, -0.2) is 20.7 Å². The van der Waals surface area contributed by atoms with E-state index in [2.05, 4.69) is 35.3 Å². The van der Waals surface area contributed by atoms with Crippen molar-refractivity contribution >= 4 is 22.6 Å². The van der Waals surface area contributed by atoms with Crippen LogP contribution in [0.3, 0.4) is 0 Å². The molecular formula is C19H24N4O. The molecule has 24 heavy (non-hydrogen) atoms. The molecule has 5 heteroatoms. The van der Waals surface area contributed by atoms with Gasteiger partial charge in [-0.25, -0.2) is 4.68 Å². The molecule has 3 rings (SSSR count). The average Bonchev–Trinajstić information content (AvgIpc) is 3.15. The quantitative estimate of drug-likeness (QED) is 0.713. The van der Waals surface area contributed by atoms with E-state index < -0.39 is 0 Å². The Kier molecular flexibility index (Phi) is 4.69. The molecule has 126 valence electrons. The Hall–Kier alpha value is -2.56. The molecule has 0 aliphatic carbocycles. The largest absolute Gasteiger partial charge is 0.361 e. The van der Waals surface area contributed by atoms with Gasteiger partial charge < -0.3 is 10.3 Å². The number of aromatic amines is 1. The molecule has 0 spiro atoms. The van der Waals surface area contributed by atoms with Crippen molar-refractivity contribution in [3.05, 3.63) is 47.8 Å². The Bertz CT molecular complexity index is 846. The molecule has 0 radical (unpaired) electrons. The van der Waals surface area contributed by atoms with Crippen molar-refractivity contribution in [1.82, 2.24) is 14.8 Å². The van der Waals surface area contributed by atoms with Crippen molar-refractivity contribution in [3.63, 3.8) is 0 Å². The van der Waals surface area contributed by atoms with Crippen LogP contribution in [0.5, 0.6) is 0 Å². The Morgan fingerprint density at radius 2 is 2.17 bits per heavy atom. The minimum atomic E-state index is 0.0183. The zero-order valence-electron chi connectivity index (χ0n) is 14.5. The Labute approximate surface area is 142 Å². The van der Waals surface area contributed by atoms with Gasteiger partial charge in [0.1, 0.15) is 5.82 Å². The van der Waals surface area contributed by atoms with E-state index in [-0.39, 0.29) is 11.9 Å². The molecule has 0 bridgehead atoms. The molecule has 1 amide bonds. The minimum Gasteiger partial charge on any atom is -0.361 e. The van der Waals surface area contributed by atoms with Crippen molar-refractivity contribution in [2.45, 2.75) is 46.1 Å². The number of nitrogens with zero attached hydrogens (tertiary/aromatic N) is 2. The number of hydrogen-bond acceptors (Lipinski definition) is 2. The molecule has 1 atom stereocenters. The van der Waals surface area contributed by atoms with Gasteiger partial charge in [-0.15, -0.1) is 0 Å². The smallest absolute Gasteiger partial charge is 0.225 e. The second kappa shape index (κ2) is 6.91. The number of para-hydroxylation sites is 1. The van der Waals surface area contributed by atoms with Gasteiger partial charge >= 0.3 is 0 Å². The monoisotopic (exact) mass is 324 g/mol. The first-order valence-corrected chi connectivity index (χ1v) is 8.49. The number of nitrogens with one attached hydrogen (secondary N) is 2. The minimum absolute atomic E-state index is 0.0183. The van der Waals surface area contributed by atoms with E-state index in [4.69, 9.17) is 0 Å². The highest BCUT2D eigenvalue weighted by atomic mass is 16.1. The Morgan fingerprint density at radius 1 is 1.38 bits per heavy atom. The number of benzene rings is 1. The van der Waals surface area contributed by atoms with Crippen LogP contribution in [0.2, 0.25) is 0 Å². The lowest BCUT2D eigenvalue weighted by molar-refractivity contribution is -0.116. The summed E-state index contributed by atoms with van der Waals surface area (Å²) in [5.41, 5.74) is 3.20. The number of anilines is 1. The number of aryl methyl sites for hydroxylation is 2. The summed E-state index contributed by atoms with van der Waals surface area (Å²) in [6.45, 7) is 6.17. The van der Waals surface area contributed by atoms with Crippen LogP contribution in [0.4, 0.5) is 5.82 Å². The van der Waals surface area contributed by atoms with Gasteiger partial charge in [-0.3, -0.25) is 4.79 Å². The number of hydrogen-bond donors (Lipinski definition) is 2. The maximum absolute atomic E-state index is 12.4. The van der Waals surface area contributed by atoms with Crippen LogP contribution in [0.1, 0.15) is 44.0 Å². The summed E-state index contributed by atoms with van der Waals surface area (Å²) >= 11 is 0. The molecule has 0 saturated heterocycles.